The number of para-hydroxylation sites is 1. The smallest absolute Gasteiger partial charge is 0.850 e. The van der Waals surface area contributed by atoms with Gasteiger partial charge in [0.1, 0.15) is 11.5 Å². The van der Waals surface area contributed by atoms with Crippen molar-refractivity contribution in [1.29, 1.82) is 0 Å². The molecule has 16 heteroatoms. The fourth-order valence-corrected chi connectivity index (χ4v) is 3.30. The van der Waals surface area contributed by atoms with Gasteiger partial charge >= 0.3 is 51.4 Å². The molecule has 0 aliphatic rings. The van der Waals surface area contributed by atoms with Crippen LogP contribution in [0.15, 0.2) is 70.1 Å². The van der Waals surface area contributed by atoms with Crippen molar-refractivity contribution in [3.63, 3.8) is 0 Å². The average Bonchev–Trinajstić information content (AvgIpc) is 2.89. The molecule has 4 rings (SSSR count). The predicted molar refractivity (Wildman–Crippen MR) is 181 cm³/mol. The van der Waals surface area contributed by atoms with E-state index < -0.39 is 10.5 Å². The van der Waals surface area contributed by atoms with E-state index in [1.807, 2.05) is 13.0 Å². The molecule has 0 unspecified atom stereocenters. The van der Waals surface area contributed by atoms with Crippen LogP contribution in [0.1, 0.15) is 58.1 Å². The zero-order chi connectivity index (χ0) is 32.0. The molecule has 0 atom stereocenters. The van der Waals surface area contributed by atoms with Crippen molar-refractivity contribution in [2.45, 2.75) is 61.5 Å². The normalized spacial score (nSPS) is 9.44. The number of rotatable bonds is 4. The van der Waals surface area contributed by atoms with Crippen LogP contribution in [0, 0.1) is 34.1 Å². The number of nitro benzene ring substituents is 2. The maximum atomic E-state index is 11.0. The Morgan fingerprint density at radius 3 is 1.56 bits per heavy atom. The molecule has 0 aliphatic carbocycles. The minimum Gasteiger partial charge on any atom is -0.850 e. The standard InChI is InChI=1S/C12H10BrN3O2.C7H8N2O2.C4H2BrClN2.C4H9O.2CH4.K/c1-8-3-2-4-11(16(17)18)10(8)5-12-14-6-9(13)7-15-12;1-5-3-2-4-6(7(5)8)9(10)11;5-3-1-7-4(6)8-2-3;1-4(2,3)5;;;/h2-4,6-7H,5H2,1H3;2-4H,8H2,1H3;1-2H;1-3H3;2*1H4;/q;;;-1;;;+1. The third kappa shape index (κ3) is 20.0. The Kier molecular flexibility index (Phi) is 24.7. The molecule has 0 bridgehead atoms. The summed E-state index contributed by atoms with van der Waals surface area (Å²) < 4.78 is 1.62. The van der Waals surface area contributed by atoms with Crippen molar-refractivity contribution >= 4 is 60.5 Å². The van der Waals surface area contributed by atoms with E-state index in [0.29, 0.717) is 17.8 Å². The van der Waals surface area contributed by atoms with E-state index in [1.165, 1.54) is 12.1 Å². The van der Waals surface area contributed by atoms with Gasteiger partial charge in [-0.25, -0.2) is 19.9 Å². The van der Waals surface area contributed by atoms with Gasteiger partial charge in [0.15, 0.2) is 0 Å². The Bertz CT molecular complexity index is 1450. The fourth-order valence-electron chi connectivity index (χ4n) is 2.80. The maximum Gasteiger partial charge on any atom is 1.00 e. The molecular weight excluding hydrogens is 761 g/mol. The largest absolute Gasteiger partial charge is 1.00 e. The van der Waals surface area contributed by atoms with Crippen molar-refractivity contribution in [3.8, 4) is 0 Å². The second kappa shape index (κ2) is 23.4. The molecular formula is C29H37Br2ClKN7O5. The Balaban J connectivity index is -0.000000564. The zero-order valence-corrected chi connectivity index (χ0v) is 31.5. The average molecular weight is 798 g/mol. The minimum atomic E-state index is -0.750. The van der Waals surface area contributed by atoms with Gasteiger partial charge in [0.05, 0.1) is 18.8 Å². The summed E-state index contributed by atoms with van der Waals surface area (Å²) >= 11 is 11.8. The molecule has 240 valence electrons. The summed E-state index contributed by atoms with van der Waals surface area (Å²) in [5.74, 6) is 0.565. The number of benzene rings is 2. The first kappa shape index (κ1) is 47.5. The van der Waals surface area contributed by atoms with Gasteiger partial charge in [-0.15, -0.1) is 5.60 Å². The van der Waals surface area contributed by atoms with Gasteiger partial charge in [0, 0.05) is 48.9 Å². The summed E-state index contributed by atoms with van der Waals surface area (Å²) in [7, 11) is 0. The van der Waals surface area contributed by atoms with Gasteiger partial charge < -0.3 is 10.8 Å². The molecule has 2 heterocycles. The van der Waals surface area contributed by atoms with Crippen LogP contribution in [0.3, 0.4) is 0 Å². The van der Waals surface area contributed by atoms with Gasteiger partial charge in [-0.3, -0.25) is 20.2 Å². The summed E-state index contributed by atoms with van der Waals surface area (Å²) in [6, 6.07) is 9.77. The van der Waals surface area contributed by atoms with Crippen LogP contribution in [0.2, 0.25) is 5.28 Å². The van der Waals surface area contributed by atoms with E-state index >= 15 is 0 Å². The number of aryl methyl sites for hydroxylation is 2. The molecule has 0 saturated heterocycles. The topological polar surface area (TPSA) is 187 Å². The third-order valence-corrected chi connectivity index (χ3v) is 5.69. The number of halogens is 3. The summed E-state index contributed by atoms with van der Waals surface area (Å²) in [4.78, 5) is 36.1. The first-order valence-corrected chi connectivity index (χ1v) is 14.0. The molecule has 2 aromatic heterocycles. The second-order valence-corrected chi connectivity index (χ2v) is 11.5. The third-order valence-electron chi connectivity index (χ3n) is 4.68. The molecule has 0 saturated carbocycles. The molecule has 45 heavy (non-hydrogen) atoms. The summed E-state index contributed by atoms with van der Waals surface area (Å²) in [5.41, 5.74) is 7.29. The van der Waals surface area contributed by atoms with Gasteiger partial charge in [-0.05, 0) is 68.4 Å². The Morgan fingerprint density at radius 2 is 1.18 bits per heavy atom. The Hall–Kier alpha value is -1.95. The predicted octanol–water partition coefficient (Wildman–Crippen LogP) is 4.85. The number of nitrogens with two attached hydrogens (primary N) is 1. The summed E-state index contributed by atoms with van der Waals surface area (Å²) in [6.07, 6.45) is 6.81. The molecule has 12 nitrogen and oxygen atoms in total. The van der Waals surface area contributed by atoms with E-state index in [9.17, 15) is 25.3 Å². The van der Waals surface area contributed by atoms with Crippen LogP contribution >= 0.6 is 43.5 Å². The quantitative estimate of drug-likeness (QED) is 0.0984. The number of nitro groups is 2. The zero-order valence-electron chi connectivity index (χ0n) is 24.4. The number of nitrogens with zero attached hydrogens (tertiary/aromatic N) is 6. The van der Waals surface area contributed by atoms with Crippen LogP contribution in [0.4, 0.5) is 17.1 Å². The van der Waals surface area contributed by atoms with Crippen molar-refractivity contribution in [2.75, 3.05) is 5.73 Å². The van der Waals surface area contributed by atoms with Crippen LogP contribution in [0.5, 0.6) is 0 Å². The van der Waals surface area contributed by atoms with Crippen molar-refractivity contribution < 1.29 is 66.3 Å². The van der Waals surface area contributed by atoms with Crippen molar-refractivity contribution in [3.05, 3.63) is 118 Å². The number of hydrogen-bond acceptors (Lipinski definition) is 10. The molecule has 0 amide bonds. The van der Waals surface area contributed by atoms with Crippen LogP contribution in [-0.2, 0) is 6.42 Å². The molecule has 0 spiro atoms. The van der Waals surface area contributed by atoms with Crippen molar-refractivity contribution in [2.24, 2.45) is 0 Å². The summed E-state index contributed by atoms with van der Waals surface area (Å²) in [6.45, 7) is 8.48. The first-order valence-electron chi connectivity index (χ1n) is 12.0. The van der Waals surface area contributed by atoms with E-state index in [1.54, 1.807) is 70.7 Å². The van der Waals surface area contributed by atoms with E-state index in [0.717, 1.165) is 20.1 Å². The van der Waals surface area contributed by atoms with Gasteiger partial charge in [-0.1, -0.05) is 59.9 Å². The molecule has 0 aliphatic heterocycles. The maximum absolute atomic E-state index is 11.0. The number of nitrogen functional groups attached to an aromatic ring is 1. The molecule has 2 N–H and O–H groups in total. The molecule has 2 aromatic carbocycles. The first-order chi connectivity index (χ1) is 19.5. The number of hydrogen-bond donors (Lipinski definition) is 1. The molecule has 4 aromatic rings. The molecule has 0 radical (unpaired) electrons. The Morgan fingerprint density at radius 1 is 0.800 bits per heavy atom. The second-order valence-electron chi connectivity index (χ2n) is 9.37. The monoisotopic (exact) mass is 795 g/mol. The van der Waals surface area contributed by atoms with E-state index in [4.69, 9.17) is 17.3 Å². The fraction of sp³-hybridized carbons (Fsp3) is 0.310. The van der Waals surface area contributed by atoms with Crippen LogP contribution in [-0.4, -0.2) is 35.4 Å². The SMILES string of the molecule is C.C.CC(C)(C)[O-].Cc1cccc([N+](=O)[O-])c1Cc1ncc(Br)cn1.Cc1cccc([N+](=O)[O-])c1N.Clc1ncc(Br)cn1.[K+]. The number of anilines is 1. The van der Waals surface area contributed by atoms with Gasteiger partial charge in [0.25, 0.3) is 11.4 Å². The summed E-state index contributed by atoms with van der Waals surface area (Å²) in [5, 5.41) is 31.7. The van der Waals surface area contributed by atoms with Crippen LogP contribution < -0.4 is 62.2 Å². The van der Waals surface area contributed by atoms with E-state index in [2.05, 4.69) is 51.8 Å². The number of aromatic nitrogens is 4. The van der Waals surface area contributed by atoms with Gasteiger partial charge in [-0.2, -0.15) is 0 Å². The Labute approximate surface area is 328 Å². The van der Waals surface area contributed by atoms with Crippen molar-refractivity contribution in [1.82, 2.24) is 19.9 Å². The minimum absolute atomic E-state index is 0. The van der Waals surface area contributed by atoms with Gasteiger partial charge in [0.2, 0.25) is 5.28 Å². The van der Waals surface area contributed by atoms with E-state index in [-0.39, 0.29) is 93.5 Å². The molecule has 0 fully saturated rings. The van der Waals surface area contributed by atoms with Crippen LogP contribution in [0.25, 0.3) is 0 Å².